The van der Waals surface area contributed by atoms with Crippen LogP contribution in [0.1, 0.15) is 26.3 Å². The second kappa shape index (κ2) is 13.2. The van der Waals surface area contributed by atoms with Gasteiger partial charge in [-0.3, -0.25) is 4.90 Å². The summed E-state index contributed by atoms with van der Waals surface area (Å²) in [7, 11) is 4.10. The van der Waals surface area contributed by atoms with E-state index < -0.39 is 0 Å². The second-order valence-corrected chi connectivity index (χ2v) is 7.78. The number of benzene rings is 1. The van der Waals surface area contributed by atoms with Crippen LogP contribution in [0.15, 0.2) is 29.3 Å². The maximum atomic E-state index is 5.93. The van der Waals surface area contributed by atoms with Gasteiger partial charge >= 0.3 is 0 Å². The van der Waals surface area contributed by atoms with Gasteiger partial charge in [-0.05, 0) is 30.5 Å². The summed E-state index contributed by atoms with van der Waals surface area (Å²) >= 11 is 0. The first kappa shape index (κ1) is 25.0. The van der Waals surface area contributed by atoms with Crippen LogP contribution >= 0.6 is 24.0 Å². The molecule has 1 unspecified atom stereocenters. The van der Waals surface area contributed by atoms with Crippen LogP contribution in [0.4, 0.5) is 5.69 Å². The number of ether oxygens (including phenoxy) is 1. The van der Waals surface area contributed by atoms with Crippen molar-refractivity contribution in [3.05, 3.63) is 29.8 Å². The number of aliphatic imine (C=N–C) groups is 1. The van der Waals surface area contributed by atoms with Crippen LogP contribution in [0.5, 0.6) is 0 Å². The molecule has 1 saturated heterocycles. The molecule has 0 aliphatic carbocycles. The summed E-state index contributed by atoms with van der Waals surface area (Å²) in [6.07, 6.45) is 0.209. The Morgan fingerprint density at radius 3 is 2.57 bits per heavy atom. The average Bonchev–Trinajstić information content (AvgIpc) is 2.64. The number of rotatable bonds is 8. The molecule has 1 aliphatic rings. The van der Waals surface area contributed by atoms with Gasteiger partial charge in [0.2, 0.25) is 0 Å². The molecule has 0 radical (unpaired) electrons. The molecule has 1 atom stereocenters. The van der Waals surface area contributed by atoms with Crippen molar-refractivity contribution in [2.45, 2.75) is 33.4 Å². The standard InChI is InChI=1S/C21H37N5O.HI/c1-6-22-21(23-13-18-7-9-19(10-8-18)25(4)5)24-14-20-16-26(11-12-27-20)15-17(2)3;/h7-10,17,20H,6,11-16H2,1-5H3,(H2,22,23,24);1H. The van der Waals surface area contributed by atoms with Gasteiger partial charge in [-0.25, -0.2) is 4.99 Å². The quantitative estimate of drug-likeness (QED) is 0.325. The third kappa shape index (κ3) is 8.96. The van der Waals surface area contributed by atoms with Gasteiger partial charge in [-0.2, -0.15) is 0 Å². The van der Waals surface area contributed by atoms with Gasteiger partial charge in [0, 0.05) is 52.5 Å². The molecule has 160 valence electrons. The van der Waals surface area contributed by atoms with Gasteiger partial charge in [-0.1, -0.05) is 26.0 Å². The molecule has 28 heavy (non-hydrogen) atoms. The highest BCUT2D eigenvalue weighted by Gasteiger charge is 2.21. The van der Waals surface area contributed by atoms with E-state index in [9.17, 15) is 0 Å². The number of anilines is 1. The van der Waals surface area contributed by atoms with Crippen molar-refractivity contribution < 1.29 is 4.74 Å². The summed E-state index contributed by atoms with van der Waals surface area (Å²) in [6.45, 7) is 12.9. The van der Waals surface area contributed by atoms with E-state index in [1.54, 1.807) is 0 Å². The molecule has 6 nitrogen and oxygen atoms in total. The first-order valence-electron chi connectivity index (χ1n) is 10.1. The van der Waals surface area contributed by atoms with E-state index in [0.29, 0.717) is 12.5 Å². The summed E-state index contributed by atoms with van der Waals surface area (Å²) < 4.78 is 5.93. The fraction of sp³-hybridized carbons (Fsp3) is 0.667. The van der Waals surface area contributed by atoms with Crippen LogP contribution in [0.25, 0.3) is 0 Å². The molecule has 7 heteroatoms. The average molecular weight is 503 g/mol. The fourth-order valence-corrected chi connectivity index (χ4v) is 3.21. The van der Waals surface area contributed by atoms with Gasteiger partial charge in [0.05, 0.1) is 19.3 Å². The van der Waals surface area contributed by atoms with Crippen molar-refractivity contribution in [1.82, 2.24) is 15.5 Å². The minimum Gasteiger partial charge on any atom is -0.378 e. The van der Waals surface area contributed by atoms with Crippen LogP contribution in [0.2, 0.25) is 0 Å². The Bertz CT molecular complexity index is 577. The fourth-order valence-electron chi connectivity index (χ4n) is 3.21. The van der Waals surface area contributed by atoms with E-state index in [1.807, 2.05) is 0 Å². The van der Waals surface area contributed by atoms with Crippen LogP contribution < -0.4 is 15.5 Å². The first-order valence-corrected chi connectivity index (χ1v) is 10.1. The highest BCUT2D eigenvalue weighted by atomic mass is 127. The lowest BCUT2D eigenvalue weighted by molar-refractivity contribution is -0.0284. The third-order valence-electron chi connectivity index (χ3n) is 4.56. The largest absolute Gasteiger partial charge is 0.378 e. The number of morpholine rings is 1. The van der Waals surface area contributed by atoms with Crippen LogP contribution in [0, 0.1) is 5.92 Å². The van der Waals surface area contributed by atoms with Gasteiger partial charge < -0.3 is 20.3 Å². The monoisotopic (exact) mass is 503 g/mol. The number of guanidine groups is 1. The number of hydrogen-bond acceptors (Lipinski definition) is 4. The molecule has 0 aromatic heterocycles. The Morgan fingerprint density at radius 1 is 1.25 bits per heavy atom. The maximum absolute atomic E-state index is 5.93. The highest BCUT2D eigenvalue weighted by Crippen LogP contribution is 2.13. The SMILES string of the molecule is CCNC(=NCc1ccc(N(C)C)cc1)NCC1CN(CC(C)C)CCO1.I. The summed E-state index contributed by atoms with van der Waals surface area (Å²) in [5.74, 6) is 1.54. The number of halogens is 1. The van der Waals surface area contributed by atoms with E-state index >= 15 is 0 Å². The topological polar surface area (TPSA) is 52.1 Å². The van der Waals surface area contributed by atoms with E-state index in [2.05, 4.69) is 79.6 Å². The Balaban J connectivity index is 0.00000392. The van der Waals surface area contributed by atoms with Crippen LogP contribution in [0.3, 0.4) is 0 Å². The lowest BCUT2D eigenvalue weighted by atomic mass is 10.2. The van der Waals surface area contributed by atoms with E-state index in [1.165, 1.54) is 11.3 Å². The van der Waals surface area contributed by atoms with Crippen LogP contribution in [-0.4, -0.2) is 70.4 Å². The van der Waals surface area contributed by atoms with Crippen molar-refractivity contribution >= 4 is 35.6 Å². The number of nitrogens with one attached hydrogen (secondary N) is 2. The molecule has 1 fully saturated rings. The van der Waals surface area contributed by atoms with Crippen LogP contribution in [-0.2, 0) is 11.3 Å². The van der Waals surface area contributed by atoms with Crippen molar-refractivity contribution in [3.63, 3.8) is 0 Å². The first-order chi connectivity index (χ1) is 13.0. The zero-order valence-corrected chi connectivity index (χ0v) is 20.4. The van der Waals surface area contributed by atoms with Crippen molar-refractivity contribution in [1.29, 1.82) is 0 Å². The third-order valence-corrected chi connectivity index (χ3v) is 4.56. The molecule has 0 amide bonds. The molecule has 0 bridgehead atoms. The van der Waals surface area contributed by atoms with Gasteiger partial charge in [0.1, 0.15) is 0 Å². The molecule has 1 aromatic carbocycles. The Labute approximate surface area is 188 Å². The molecule has 1 aromatic rings. The van der Waals surface area contributed by atoms with E-state index in [-0.39, 0.29) is 30.1 Å². The maximum Gasteiger partial charge on any atom is 0.191 e. The molecule has 1 heterocycles. The van der Waals surface area contributed by atoms with Crippen molar-refractivity contribution in [2.24, 2.45) is 10.9 Å². The molecule has 2 N–H and O–H groups in total. The number of nitrogens with zero attached hydrogens (tertiary/aromatic N) is 3. The van der Waals surface area contributed by atoms with Gasteiger partial charge in [-0.15, -0.1) is 24.0 Å². The molecule has 0 spiro atoms. The minimum atomic E-state index is 0. The smallest absolute Gasteiger partial charge is 0.191 e. The lowest BCUT2D eigenvalue weighted by Gasteiger charge is -2.34. The molecule has 0 saturated carbocycles. The Morgan fingerprint density at radius 2 is 1.96 bits per heavy atom. The molecular formula is C21H38IN5O. The van der Waals surface area contributed by atoms with Crippen molar-refractivity contribution in [3.8, 4) is 0 Å². The summed E-state index contributed by atoms with van der Waals surface area (Å²) in [5.41, 5.74) is 2.41. The van der Waals surface area contributed by atoms with Gasteiger partial charge in [0.25, 0.3) is 0 Å². The molecular weight excluding hydrogens is 465 g/mol. The predicted octanol–water partition coefficient (Wildman–Crippen LogP) is 2.78. The lowest BCUT2D eigenvalue weighted by Crippen LogP contribution is -2.50. The Hall–Kier alpha value is -1.06. The highest BCUT2D eigenvalue weighted by molar-refractivity contribution is 14.0. The van der Waals surface area contributed by atoms with Gasteiger partial charge in [0.15, 0.2) is 5.96 Å². The predicted molar refractivity (Wildman–Crippen MR) is 130 cm³/mol. The molecule has 1 aliphatic heterocycles. The van der Waals surface area contributed by atoms with E-state index in [4.69, 9.17) is 9.73 Å². The summed E-state index contributed by atoms with van der Waals surface area (Å²) in [6, 6.07) is 8.53. The molecule has 2 rings (SSSR count). The summed E-state index contributed by atoms with van der Waals surface area (Å²) in [4.78, 5) is 9.32. The number of hydrogen-bond donors (Lipinski definition) is 2. The van der Waals surface area contributed by atoms with E-state index in [0.717, 1.165) is 45.3 Å². The zero-order valence-electron chi connectivity index (χ0n) is 18.1. The zero-order chi connectivity index (χ0) is 19.6. The van der Waals surface area contributed by atoms with Crippen molar-refractivity contribution in [2.75, 3.05) is 58.3 Å². The minimum absolute atomic E-state index is 0. The second-order valence-electron chi connectivity index (χ2n) is 7.78. The Kier molecular flexibility index (Phi) is 11.8. The normalized spacial score (nSPS) is 17.9. The summed E-state index contributed by atoms with van der Waals surface area (Å²) in [5, 5.41) is 6.77.